The molecule has 1 aromatic carbocycles. The minimum Gasteiger partial charge on any atom is -0.493 e. The molecule has 0 aromatic heterocycles. The molecular formula is C13H17NO3. The standard InChI is InChI=1S/C13H17NO3/c14-13(16)6-7-17-10-5-4-9-2-1-3-12(15)11(9)8-10/h4-5,8,12,15H,1-3,6-7H2,(H2,14,16)/t12-/m0/s1. The molecule has 0 radical (unpaired) electrons. The van der Waals surface area contributed by atoms with E-state index in [1.807, 2.05) is 18.2 Å². The Morgan fingerprint density at radius 3 is 3.12 bits per heavy atom. The van der Waals surface area contributed by atoms with E-state index in [0.717, 1.165) is 24.8 Å². The van der Waals surface area contributed by atoms with Gasteiger partial charge in [0.05, 0.1) is 19.1 Å². The number of nitrogens with two attached hydrogens (primary N) is 1. The average molecular weight is 235 g/mol. The second-order valence-electron chi connectivity index (χ2n) is 4.33. The van der Waals surface area contributed by atoms with Crippen LogP contribution in [0.3, 0.4) is 0 Å². The number of hydrogen-bond donors (Lipinski definition) is 2. The van der Waals surface area contributed by atoms with Crippen LogP contribution in [0.15, 0.2) is 18.2 Å². The van der Waals surface area contributed by atoms with Crippen molar-refractivity contribution in [1.29, 1.82) is 0 Å². The first-order chi connectivity index (χ1) is 8.16. The predicted molar refractivity (Wildman–Crippen MR) is 63.6 cm³/mol. The van der Waals surface area contributed by atoms with Crippen LogP contribution in [0.5, 0.6) is 5.75 Å². The van der Waals surface area contributed by atoms with Gasteiger partial charge in [-0.25, -0.2) is 0 Å². The number of hydrogen-bond acceptors (Lipinski definition) is 3. The molecule has 1 aliphatic carbocycles. The Kier molecular flexibility index (Phi) is 3.64. The molecule has 1 amide bonds. The smallest absolute Gasteiger partial charge is 0.220 e. The normalized spacial score (nSPS) is 18.5. The summed E-state index contributed by atoms with van der Waals surface area (Å²) in [6.45, 7) is 0.282. The molecule has 1 aliphatic rings. The van der Waals surface area contributed by atoms with E-state index in [9.17, 15) is 9.90 Å². The lowest BCUT2D eigenvalue weighted by Crippen LogP contribution is -2.15. The van der Waals surface area contributed by atoms with Gasteiger partial charge < -0.3 is 15.6 Å². The number of primary amides is 1. The van der Waals surface area contributed by atoms with Gasteiger partial charge in [-0.2, -0.15) is 0 Å². The number of carbonyl (C=O) groups is 1. The molecule has 92 valence electrons. The van der Waals surface area contributed by atoms with Crippen molar-refractivity contribution in [2.45, 2.75) is 31.8 Å². The van der Waals surface area contributed by atoms with Crippen molar-refractivity contribution in [2.24, 2.45) is 5.73 Å². The van der Waals surface area contributed by atoms with Crippen LogP contribution in [-0.4, -0.2) is 17.6 Å². The highest BCUT2D eigenvalue weighted by atomic mass is 16.5. The number of amides is 1. The summed E-state index contributed by atoms with van der Waals surface area (Å²) >= 11 is 0. The first-order valence-electron chi connectivity index (χ1n) is 5.89. The van der Waals surface area contributed by atoms with Crippen molar-refractivity contribution in [2.75, 3.05) is 6.61 Å². The Morgan fingerprint density at radius 2 is 2.35 bits per heavy atom. The Bertz CT molecular complexity index is 417. The van der Waals surface area contributed by atoms with Crippen molar-refractivity contribution in [3.63, 3.8) is 0 Å². The van der Waals surface area contributed by atoms with Gasteiger partial charge in [-0.15, -0.1) is 0 Å². The first-order valence-corrected chi connectivity index (χ1v) is 5.89. The number of rotatable bonds is 4. The number of fused-ring (bicyclic) bond motifs is 1. The van der Waals surface area contributed by atoms with Crippen LogP contribution in [0.2, 0.25) is 0 Å². The van der Waals surface area contributed by atoms with Gasteiger partial charge in [0.1, 0.15) is 5.75 Å². The lowest BCUT2D eigenvalue weighted by atomic mass is 9.89. The second-order valence-corrected chi connectivity index (χ2v) is 4.33. The van der Waals surface area contributed by atoms with E-state index in [1.54, 1.807) is 0 Å². The molecule has 1 atom stereocenters. The Labute approximate surface area is 100 Å². The summed E-state index contributed by atoms with van der Waals surface area (Å²) in [5.74, 6) is 0.314. The van der Waals surface area contributed by atoms with Gasteiger partial charge in [0.2, 0.25) is 5.91 Å². The van der Waals surface area contributed by atoms with E-state index in [1.165, 1.54) is 5.56 Å². The summed E-state index contributed by atoms with van der Waals surface area (Å²) in [5, 5.41) is 9.87. The topological polar surface area (TPSA) is 72.6 Å². The zero-order valence-corrected chi connectivity index (χ0v) is 9.69. The van der Waals surface area contributed by atoms with E-state index < -0.39 is 6.10 Å². The van der Waals surface area contributed by atoms with Crippen LogP contribution in [0, 0.1) is 0 Å². The first kappa shape index (κ1) is 11.9. The van der Waals surface area contributed by atoms with Crippen molar-refractivity contribution in [3.8, 4) is 5.75 Å². The van der Waals surface area contributed by atoms with E-state index in [4.69, 9.17) is 10.5 Å². The molecule has 0 saturated carbocycles. The number of aliphatic hydroxyl groups excluding tert-OH is 1. The van der Waals surface area contributed by atoms with Crippen LogP contribution in [-0.2, 0) is 11.2 Å². The SMILES string of the molecule is NC(=O)CCOc1ccc2c(c1)[C@@H](O)CCC2. The molecule has 0 spiro atoms. The second kappa shape index (κ2) is 5.19. The molecule has 4 heteroatoms. The maximum Gasteiger partial charge on any atom is 0.220 e. The zero-order chi connectivity index (χ0) is 12.3. The van der Waals surface area contributed by atoms with Gasteiger partial charge in [-0.1, -0.05) is 6.07 Å². The summed E-state index contributed by atoms with van der Waals surface area (Å²) in [6.07, 6.45) is 2.65. The molecule has 0 aliphatic heterocycles. The van der Waals surface area contributed by atoms with E-state index in [0.29, 0.717) is 5.75 Å². The summed E-state index contributed by atoms with van der Waals surface area (Å²) < 4.78 is 5.42. The third kappa shape index (κ3) is 2.97. The fourth-order valence-electron chi connectivity index (χ4n) is 2.11. The number of aliphatic hydroxyl groups is 1. The van der Waals surface area contributed by atoms with Crippen LogP contribution in [0.25, 0.3) is 0 Å². The van der Waals surface area contributed by atoms with Crippen LogP contribution >= 0.6 is 0 Å². The number of benzene rings is 1. The number of carbonyl (C=O) groups excluding carboxylic acids is 1. The molecule has 0 heterocycles. The van der Waals surface area contributed by atoms with Gasteiger partial charge in [0.15, 0.2) is 0 Å². The van der Waals surface area contributed by atoms with E-state index >= 15 is 0 Å². The molecule has 2 rings (SSSR count). The zero-order valence-electron chi connectivity index (χ0n) is 9.69. The predicted octanol–water partition coefficient (Wildman–Crippen LogP) is 1.31. The van der Waals surface area contributed by atoms with Gasteiger partial charge in [0, 0.05) is 0 Å². The van der Waals surface area contributed by atoms with Crippen molar-refractivity contribution < 1.29 is 14.6 Å². The molecule has 1 aromatic rings. The Morgan fingerprint density at radius 1 is 1.53 bits per heavy atom. The van der Waals surface area contributed by atoms with Crippen molar-refractivity contribution in [1.82, 2.24) is 0 Å². The monoisotopic (exact) mass is 235 g/mol. The molecule has 0 fully saturated rings. The van der Waals surface area contributed by atoms with Crippen molar-refractivity contribution >= 4 is 5.91 Å². The maximum atomic E-state index is 10.6. The minimum absolute atomic E-state index is 0.208. The highest BCUT2D eigenvalue weighted by Gasteiger charge is 2.18. The van der Waals surface area contributed by atoms with Crippen LogP contribution in [0.4, 0.5) is 0 Å². The van der Waals surface area contributed by atoms with Gasteiger partial charge in [-0.05, 0) is 42.5 Å². The van der Waals surface area contributed by atoms with Gasteiger partial charge in [-0.3, -0.25) is 4.79 Å². The molecule has 0 saturated heterocycles. The minimum atomic E-state index is -0.390. The fourth-order valence-corrected chi connectivity index (χ4v) is 2.11. The Balaban J connectivity index is 2.04. The summed E-state index contributed by atoms with van der Waals surface area (Å²) in [4.78, 5) is 10.6. The van der Waals surface area contributed by atoms with Crippen LogP contribution < -0.4 is 10.5 Å². The molecule has 3 N–H and O–H groups in total. The molecular weight excluding hydrogens is 218 g/mol. The fraction of sp³-hybridized carbons (Fsp3) is 0.462. The lowest BCUT2D eigenvalue weighted by Gasteiger charge is -2.21. The van der Waals surface area contributed by atoms with Gasteiger partial charge >= 0.3 is 0 Å². The lowest BCUT2D eigenvalue weighted by molar-refractivity contribution is -0.118. The number of aryl methyl sites for hydroxylation is 1. The maximum absolute atomic E-state index is 10.6. The Hall–Kier alpha value is -1.55. The number of ether oxygens (including phenoxy) is 1. The third-order valence-electron chi connectivity index (χ3n) is 3.02. The highest BCUT2D eigenvalue weighted by molar-refractivity contribution is 5.73. The van der Waals surface area contributed by atoms with Gasteiger partial charge in [0.25, 0.3) is 0 Å². The van der Waals surface area contributed by atoms with Crippen LogP contribution in [0.1, 0.15) is 36.5 Å². The molecule has 0 unspecified atom stereocenters. The summed E-state index contributed by atoms with van der Waals surface area (Å²) in [5.41, 5.74) is 7.17. The van der Waals surface area contributed by atoms with Crippen molar-refractivity contribution in [3.05, 3.63) is 29.3 Å². The molecule has 17 heavy (non-hydrogen) atoms. The molecule has 4 nitrogen and oxygen atoms in total. The summed E-state index contributed by atoms with van der Waals surface area (Å²) in [6, 6.07) is 5.72. The largest absolute Gasteiger partial charge is 0.493 e. The third-order valence-corrected chi connectivity index (χ3v) is 3.02. The van der Waals surface area contributed by atoms with E-state index in [2.05, 4.69) is 0 Å². The highest BCUT2D eigenvalue weighted by Crippen LogP contribution is 2.32. The quantitative estimate of drug-likeness (QED) is 0.826. The average Bonchev–Trinajstić information content (AvgIpc) is 2.30. The summed E-state index contributed by atoms with van der Waals surface area (Å²) in [7, 11) is 0. The molecule has 0 bridgehead atoms. The van der Waals surface area contributed by atoms with E-state index in [-0.39, 0.29) is 18.9 Å².